The van der Waals surface area contributed by atoms with Gasteiger partial charge in [-0.05, 0) is 49.7 Å². The first-order chi connectivity index (χ1) is 10.1. The molecule has 0 aromatic heterocycles. The summed E-state index contributed by atoms with van der Waals surface area (Å²) in [6.45, 7) is 4.59. The lowest BCUT2D eigenvalue weighted by molar-refractivity contribution is -0.120. The Morgan fingerprint density at radius 2 is 1.90 bits per heavy atom. The van der Waals surface area contributed by atoms with Crippen molar-refractivity contribution in [3.63, 3.8) is 0 Å². The summed E-state index contributed by atoms with van der Waals surface area (Å²) in [6.07, 6.45) is 0. The third-order valence-electron chi connectivity index (χ3n) is 3.18. The standard InChI is InChI=1S/C17H18BrNO2/c1-3-19(14-7-5-4-6-8-14)17(20)12-21-15-9-10-16(18)13(2)11-15/h4-11H,3,12H2,1-2H3. The van der Waals surface area contributed by atoms with Crippen LogP contribution in [0.1, 0.15) is 12.5 Å². The highest BCUT2D eigenvalue weighted by atomic mass is 79.9. The van der Waals surface area contributed by atoms with Gasteiger partial charge in [-0.25, -0.2) is 0 Å². The Labute approximate surface area is 133 Å². The van der Waals surface area contributed by atoms with Crippen LogP contribution in [0.3, 0.4) is 0 Å². The fourth-order valence-electron chi connectivity index (χ4n) is 2.04. The van der Waals surface area contributed by atoms with Crippen molar-refractivity contribution in [2.45, 2.75) is 13.8 Å². The van der Waals surface area contributed by atoms with E-state index in [1.807, 2.05) is 62.4 Å². The van der Waals surface area contributed by atoms with Crippen molar-refractivity contribution in [3.05, 3.63) is 58.6 Å². The largest absolute Gasteiger partial charge is 0.484 e. The zero-order chi connectivity index (χ0) is 15.2. The molecule has 0 aliphatic heterocycles. The highest BCUT2D eigenvalue weighted by molar-refractivity contribution is 9.10. The lowest BCUT2D eigenvalue weighted by atomic mass is 10.2. The molecule has 110 valence electrons. The maximum Gasteiger partial charge on any atom is 0.264 e. The van der Waals surface area contributed by atoms with E-state index in [4.69, 9.17) is 4.74 Å². The monoisotopic (exact) mass is 347 g/mol. The Bertz CT molecular complexity index is 613. The van der Waals surface area contributed by atoms with E-state index in [1.54, 1.807) is 4.90 Å². The van der Waals surface area contributed by atoms with Gasteiger partial charge in [-0.1, -0.05) is 34.1 Å². The van der Waals surface area contributed by atoms with E-state index in [0.717, 1.165) is 15.7 Å². The lowest BCUT2D eigenvalue weighted by Gasteiger charge is -2.21. The number of carbonyl (C=O) groups is 1. The van der Waals surface area contributed by atoms with Gasteiger partial charge in [0.15, 0.2) is 6.61 Å². The van der Waals surface area contributed by atoms with Crippen LogP contribution >= 0.6 is 15.9 Å². The maximum absolute atomic E-state index is 12.3. The predicted molar refractivity (Wildman–Crippen MR) is 88.8 cm³/mol. The number of carbonyl (C=O) groups excluding carboxylic acids is 1. The second-order valence-corrected chi connectivity index (χ2v) is 5.53. The molecule has 1 amide bonds. The van der Waals surface area contributed by atoms with Crippen molar-refractivity contribution in [1.82, 2.24) is 0 Å². The van der Waals surface area contributed by atoms with E-state index in [9.17, 15) is 4.79 Å². The molecule has 0 heterocycles. The number of benzene rings is 2. The average Bonchev–Trinajstić information content (AvgIpc) is 2.50. The quantitative estimate of drug-likeness (QED) is 0.811. The second kappa shape index (κ2) is 7.27. The summed E-state index contributed by atoms with van der Waals surface area (Å²) in [5, 5.41) is 0. The Hall–Kier alpha value is -1.81. The van der Waals surface area contributed by atoms with Gasteiger partial charge in [0.05, 0.1) is 0 Å². The molecule has 0 aliphatic rings. The normalized spacial score (nSPS) is 10.2. The number of likely N-dealkylation sites (N-methyl/N-ethyl adjacent to an activating group) is 1. The minimum Gasteiger partial charge on any atom is -0.484 e. The molecule has 4 heteroatoms. The summed E-state index contributed by atoms with van der Waals surface area (Å²) in [5.41, 5.74) is 1.97. The summed E-state index contributed by atoms with van der Waals surface area (Å²) in [7, 11) is 0. The molecule has 2 aromatic rings. The van der Waals surface area contributed by atoms with E-state index in [0.29, 0.717) is 12.3 Å². The fraction of sp³-hybridized carbons (Fsp3) is 0.235. The van der Waals surface area contributed by atoms with E-state index in [2.05, 4.69) is 15.9 Å². The Morgan fingerprint density at radius 1 is 1.19 bits per heavy atom. The van der Waals surface area contributed by atoms with E-state index < -0.39 is 0 Å². The van der Waals surface area contributed by atoms with Crippen LogP contribution in [-0.4, -0.2) is 19.1 Å². The number of halogens is 1. The minimum absolute atomic E-state index is 0.0316. The van der Waals surface area contributed by atoms with Crippen LogP contribution in [0.4, 0.5) is 5.69 Å². The number of hydrogen-bond acceptors (Lipinski definition) is 2. The van der Waals surface area contributed by atoms with Gasteiger partial charge in [0, 0.05) is 16.7 Å². The smallest absolute Gasteiger partial charge is 0.264 e. The third-order valence-corrected chi connectivity index (χ3v) is 4.07. The van der Waals surface area contributed by atoms with Gasteiger partial charge in [0.25, 0.3) is 5.91 Å². The van der Waals surface area contributed by atoms with Crippen LogP contribution in [0.25, 0.3) is 0 Å². The Kier molecular flexibility index (Phi) is 5.39. The van der Waals surface area contributed by atoms with E-state index in [1.165, 1.54) is 0 Å². The first-order valence-corrected chi connectivity index (χ1v) is 7.65. The van der Waals surface area contributed by atoms with Gasteiger partial charge in [-0.15, -0.1) is 0 Å². The van der Waals surface area contributed by atoms with E-state index >= 15 is 0 Å². The molecule has 0 atom stereocenters. The first-order valence-electron chi connectivity index (χ1n) is 6.86. The van der Waals surface area contributed by atoms with Crippen molar-refractivity contribution >= 4 is 27.5 Å². The molecule has 0 fully saturated rings. The number of para-hydroxylation sites is 1. The number of anilines is 1. The molecule has 0 radical (unpaired) electrons. The maximum atomic E-state index is 12.3. The van der Waals surface area contributed by atoms with Crippen molar-refractivity contribution in [3.8, 4) is 5.75 Å². The highest BCUT2D eigenvalue weighted by Crippen LogP contribution is 2.22. The number of amides is 1. The van der Waals surface area contributed by atoms with E-state index in [-0.39, 0.29) is 12.5 Å². The summed E-state index contributed by atoms with van der Waals surface area (Å²) in [4.78, 5) is 14.0. The molecule has 0 saturated heterocycles. The Balaban J connectivity index is 2.01. The van der Waals surface area contributed by atoms with Crippen LogP contribution in [0.2, 0.25) is 0 Å². The number of nitrogens with zero attached hydrogens (tertiary/aromatic N) is 1. The van der Waals surface area contributed by atoms with Gasteiger partial charge < -0.3 is 9.64 Å². The summed E-state index contributed by atoms with van der Waals surface area (Å²) >= 11 is 3.44. The van der Waals surface area contributed by atoms with Crippen molar-refractivity contribution in [2.24, 2.45) is 0 Å². The molecule has 3 nitrogen and oxygen atoms in total. The molecule has 2 aromatic carbocycles. The third kappa shape index (κ3) is 4.08. The molecule has 0 spiro atoms. The topological polar surface area (TPSA) is 29.5 Å². The number of hydrogen-bond donors (Lipinski definition) is 0. The van der Waals surface area contributed by atoms with Gasteiger partial charge >= 0.3 is 0 Å². The van der Waals surface area contributed by atoms with Gasteiger partial charge in [-0.2, -0.15) is 0 Å². The molecule has 21 heavy (non-hydrogen) atoms. The number of ether oxygens (including phenoxy) is 1. The molecular weight excluding hydrogens is 330 g/mol. The predicted octanol–water partition coefficient (Wildman–Crippen LogP) is 4.19. The highest BCUT2D eigenvalue weighted by Gasteiger charge is 2.14. The molecule has 0 unspecified atom stereocenters. The summed E-state index contributed by atoms with van der Waals surface area (Å²) in [6, 6.07) is 15.3. The summed E-state index contributed by atoms with van der Waals surface area (Å²) in [5.74, 6) is 0.650. The van der Waals surface area contributed by atoms with Crippen LogP contribution in [-0.2, 0) is 4.79 Å². The zero-order valence-electron chi connectivity index (χ0n) is 12.2. The number of rotatable bonds is 5. The van der Waals surface area contributed by atoms with Crippen LogP contribution in [0, 0.1) is 6.92 Å². The van der Waals surface area contributed by atoms with Crippen LogP contribution < -0.4 is 9.64 Å². The molecular formula is C17H18BrNO2. The van der Waals surface area contributed by atoms with Crippen molar-refractivity contribution < 1.29 is 9.53 Å². The van der Waals surface area contributed by atoms with Crippen LogP contribution in [0.5, 0.6) is 5.75 Å². The number of aryl methyl sites for hydroxylation is 1. The van der Waals surface area contributed by atoms with Gasteiger partial charge in [0.1, 0.15) is 5.75 Å². The lowest BCUT2D eigenvalue weighted by Crippen LogP contribution is -2.34. The molecule has 0 saturated carbocycles. The second-order valence-electron chi connectivity index (χ2n) is 4.67. The average molecular weight is 348 g/mol. The van der Waals surface area contributed by atoms with Crippen LogP contribution in [0.15, 0.2) is 53.0 Å². The zero-order valence-corrected chi connectivity index (χ0v) is 13.8. The van der Waals surface area contributed by atoms with Crippen molar-refractivity contribution in [2.75, 3.05) is 18.1 Å². The SMILES string of the molecule is CCN(C(=O)COc1ccc(Br)c(C)c1)c1ccccc1. The molecule has 0 bridgehead atoms. The van der Waals surface area contributed by atoms with Crippen molar-refractivity contribution in [1.29, 1.82) is 0 Å². The Morgan fingerprint density at radius 3 is 2.52 bits per heavy atom. The molecule has 0 N–H and O–H groups in total. The first kappa shape index (κ1) is 15.6. The summed E-state index contributed by atoms with van der Waals surface area (Å²) < 4.78 is 6.62. The van der Waals surface area contributed by atoms with Gasteiger partial charge in [-0.3, -0.25) is 4.79 Å². The molecule has 0 aliphatic carbocycles. The fourth-order valence-corrected chi connectivity index (χ4v) is 2.29. The molecule has 2 rings (SSSR count). The van der Waals surface area contributed by atoms with Gasteiger partial charge in [0.2, 0.25) is 0 Å². The minimum atomic E-state index is -0.0516.